The fraction of sp³-hybridized carbons (Fsp3) is 0.368. The predicted molar refractivity (Wildman–Crippen MR) is 96.2 cm³/mol. The number of rotatable bonds is 4. The number of pyridine rings is 1. The molecule has 4 heterocycles. The van der Waals surface area contributed by atoms with Gasteiger partial charge >= 0.3 is 0 Å². The Kier molecular flexibility index (Phi) is 4.24. The zero-order valence-electron chi connectivity index (χ0n) is 14.6. The van der Waals surface area contributed by atoms with Crippen molar-refractivity contribution >= 4 is 17.8 Å². The third-order valence-electron chi connectivity index (χ3n) is 4.91. The molecule has 1 aromatic rings. The largest absolute Gasteiger partial charge is 0.486 e. The van der Waals surface area contributed by atoms with Crippen molar-refractivity contribution in [1.82, 2.24) is 9.88 Å². The van der Waals surface area contributed by atoms with Crippen LogP contribution in [0.2, 0.25) is 0 Å². The Labute approximate surface area is 150 Å². The van der Waals surface area contributed by atoms with Crippen LogP contribution in [-0.4, -0.2) is 59.0 Å². The summed E-state index contributed by atoms with van der Waals surface area (Å²) in [6.07, 6.45) is 7.09. The van der Waals surface area contributed by atoms with Gasteiger partial charge in [-0.1, -0.05) is 0 Å². The zero-order valence-corrected chi connectivity index (χ0v) is 14.6. The third kappa shape index (κ3) is 3.22. The third-order valence-corrected chi connectivity index (χ3v) is 4.91. The fourth-order valence-corrected chi connectivity index (χ4v) is 3.22. The van der Waals surface area contributed by atoms with E-state index in [4.69, 9.17) is 4.74 Å². The maximum Gasteiger partial charge on any atom is 0.272 e. The zero-order chi connectivity index (χ0) is 18.3. The van der Waals surface area contributed by atoms with Crippen LogP contribution in [-0.2, 0) is 4.79 Å². The number of halogens is 1. The summed E-state index contributed by atoms with van der Waals surface area (Å²) in [6, 6.07) is 2.94. The molecule has 0 saturated carbocycles. The average molecular weight is 354 g/mol. The minimum absolute atomic E-state index is 0.0373. The highest BCUT2D eigenvalue weighted by atomic mass is 19.1. The van der Waals surface area contributed by atoms with E-state index in [9.17, 15) is 9.18 Å². The van der Waals surface area contributed by atoms with Crippen molar-refractivity contribution in [2.45, 2.75) is 32.0 Å². The number of fused-ring (bicyclic) bond motifs is 1. The van der Waals surface area contributed by atoms with Crippen molar-refractivity contribution in [3.8, 4) is 5.75 Å². The molecule has 6 nitrogen and oxygen atoms in total. The van der Waals surface area contributed by atoms with E-state index in [2.05, 4.69) is 26.8 Å². The lowest BCUT2D eigenvalue weighted by molar-refractivity contribution is -0.114. The molecule has 134 valence electrons. The summed E-state index contributed by atoms with van der Waals surface area (Å²) in [5.74, 6) is -0.138. The molecule has 26 heavy (non-hydrogen) atoms. The van der Waals surface area contributed by atoms with Crippen LogP contribution in [0.1, 0.15) is 13.8 Å². The van der Waals surface area contributed by atoms with Crippen LogP contribution >= 0.6 is 0 Å². The number of carbonyl (C=O) groups is 1. The molecule has 1 saturated heterocycles. The molecule has 1 aromatic heterocycles. The minimum Gasteiger partial charge on any atom is -0.486 e. The van der Waals surface area contributed by atoms with Gasteiger partial charge in [-0.3, -0.25) is 14.7 Å². The van der Waals surface area contributed by atoms with Gasteiger partial charge in [0.15, 0.2) is 0 Å². The van der Waals surface area contributed by atoms with Gasteiger partial charge < -0.3 is 4.74 Å². The number of hydrogen-bond donors (Lipinski definition) is 0. The lowest BCUT2D eigenvalue weighted by Crippen LogP contribution is -2.61. The van der Waals surface area contributed by atoms with Gasteiger partial charge in [-0.15, -0.1) is 0 Å². The van der Waals surface area contributed by atoms with Gasteiger partial charge in [0.1, 0.15) is 17.9 Å². The maximum absolute atomic E-state index is 12.9. The van der Waals surface area contributed by atoms with Crippen LogP contribution < -0.4 is 4.74 Å². The lowest BCUT2D eigenvalue weighted by atomic mass is 9.97. The van der Waals surface area contributed by atoms with Crippen molar-refractivity contribution in [1.29, 1.82) is 0 Å². The summed E-state index contributed by atoms with van der Waals surface area (Å²) >= 11 is 0. The first-order chi connectivity index (χ1) is 12.5. The molecule has 7 heteroatoms. The Hall–Kier alpha value is -2.67. The van der Waals surface area contributed by atoms with Gasteiger partial charge in [-0.25, -0.2) is 9.98 Å². The van der Waals surface area contributed by atoms with E-state index in [0.29, 0.717) is 17.0 Å². The Balaban J connectivity index is 1.35. The van der Waals surface area contributed by atoms with Gasteiger partial charge in [0.05, 0.1) is 11.9 Å². The predicted octanol–water partition coefficient (Wildman–Crippen LogP) is 1.98. The molecule has 4 rings (SSSR count). The van der Waals surface area contributed by atoms with Crippen LogP contribution in [0.3, 0.4) is 0 Å². The molecule has 0 aliphatic carbocycles. The number of nitrogens with zero attached hydrogens (tertiary/aromatic N) is 4. The number of amides is 1. The summed E-state index contributed by atoms with van der Waals surface area (Å²) < 4.78 is 18.7. The van der Waals surface area contributed by atoms with Crippen molar-refractivity contribution < 1.29 is 13.9 Å². The molecular weight excluding hydrogens is 335 g/mol. The second-order valence-corrected chi connectivity index (χ2v) is 6.78. The van der Waals surface area contributed by atoms with Gasteiger partial charge in [0.2, 0.25) is 5.95 Å². The van der Waals surface area contributed by atoms with Crippen molar-refractivity contribution in [2.24, 2.45) is 9.98 Å². The van der Waals surface area contributed by atoms with E-state index >= 15 is 0 Å². The highest BCUT2D eigenvalue weighted by Gasteiger charge is 2.37. The molecule has 0 radical (unpaired) electrons. The smallest absolute Gasteiger partial charge is 0.272 e. The number of hydrogen-bond acceptors (Lipinski definition) is 5. The van der Waals surface area contributed by atoms with Crippen LogP contribution in [0.4, 0.5) is 4.39 Å². The van der Waals surface area contributed by atoms with Crippen LogP contribution in [0.25, 0.3) is 0 Å². The molecule has 1 unspecified atom stereocenters. The molecule has 3 aliphatic heterocycles. The molecule has 0 N–H and O–H groups in total. The highest BCUT2D eigenvalue weighted by Crippen LogP contribution is 2.25. The monoisotopic (exact) mass is 354 g/mol. The summed E-state index contributed by atoms with van der Waals surface area (Å²) in [5.41, 5.74) is 2.37. The summed E-state index contributed by atoms with van der Waals surface area (Å²) in [5, 5.41) is 0. The fourth-order valence-electron chi connectivity index (χ4n) is 3.22. The van der Waals surface area contributed by atoms with E-state index in [1.807, 2.05) is 18.4 Å². The second-order valence-electron chi connectivity index (χ2n) is 6.78. The second kappa shape index (κ2) is 6.57. The van der Waals surface area contributed by atoms with Crippen LogP contribution in [0.5, 0.6) is 5.75 Å². The molecule has 3 aliphatic rings. The Bertz CT molecular complexity index is 857. The normalized spacial score (nSPS) is 27.9. The Morgan fingerprint density at radius 2 is 2.23 bits per heavy atom. The highest BCUT2D eigenvalue weighted by molar-refractivity contribution is 6.16. The van der Waals surface area contributed by atoms with E-state index in [1.165, 1.54) is 12.3 Å². The first-order valence-corrected chi connectivity index (χ1v) is 8.57. The molecule has 0 spiro atoms. The van der Waals surface area contributed by atoms with E-state index in [-0.39, 0.29) is 24.1 Å². The summed E-state index contributed by atoms with van der Waals surface area (Å²) in [6.45, 7) is 5.32. The van der Waals surface area contributed by atoms with Crippen LogP contribution in [0, 0.1) is 5.95 Å². The Morgan fingerprint density at radius 1 is 1.38 bits per heavy atom. The summed E-state index contributed by atoms with van der Waals surface area (Å²) in [4.78, 5) is 26.2. The van der Waals surface area contributed by atoms with Gasteiger partial charge in [0.25, 0.3) is 5.91 Å². The topological polar surface area (TPSA) is 67.2 Å². The van der Waals surface area contributed by atoms with Gasteiger partial charge in [0, 0.05) is 30.9 Å². The SMILES string of the molecule is CC1=CC2N=CC(CN3C[C@H](Oc4ccc(F)nc4)[C@H]3C)=CC2=NC1=O. The number of aromatic nitrogens is 1. The standard InChI is InChI=1S/C19H19FN4O2/c1-11-5-15-16(23-19(11)25)6-13(7-21-15)9-24-10-17(12(24)2)26-14-3-4-18(20)22-8-14/h3-8,12,15,17H,9-10H2,1-2H3/t12-,15?,17+/m1/s1. The molecule has 0 aromatic carbocycles. The quantitative estimate of drug-likeness (QED) is 0.776. The molecule has 3 atom stereocenters. The molecule has 0 bridgehead atoms. The van der Waals surface area contributed by atoms with E-state index in [1.54, 1.807) is 13.0 Å². The molecule has 1 amide bonds. The first kappa shape index (κ1) is 16.8. The number of aliphatic imine (C=N–C) groups is 2. The van der Waals surface area contributed by atoms with E-state index < -0.39 is 5.95 Å². The lowest BCUT2D eigenvalue weighted by Gasteiger charge is -2.46. The molecular formula is C19H19FN4O2. The number of ether oxygens (including phenoxy) is 1. The van der Waals surface area contributed by atoms with Gasteiger partial charge in [-0.2, -0.15) is 4.39 Å². The van der Waals surface area contributed by atoms with Crippen molar-refractivity contribution in [3.63, 3.8) is 0 Å². The van der Waals surface area contributed by atoms with E-state index in [0.717, 1.165) is 18.7 Å². The number of likely N-dealkylation sites (tertiary alicyclic amines) is 1. The first-order valence-electron chi connectivity index (χ1n) is 8.57. The van der Waals surface area contributed by atoms with Gasteiger partial charge in [-0.05, 0) is 43.7 Å². The van der Waals surface area contributed by atoms with Crippen molar-refractivity contribution in [2.75, 3.05) is 13.1 Å². The van der Waals surface area contributed by atoms with Crippen LogP contribution in [0.15, 0.2) is 51.6 Å². The average Bonchev–Trinajstić information content (AvgIpc) is 2.63. The molecule has 1 fully saturated rings. The number of carbonyl (C=O) groups excluding carboxylic acids is 1. The summed E-state index contributed by atoms with van der Waals surface area (Å²) in [7, 11) is 0. The Morgan fingerprint density at radius 3 is 2.96 bits per heavy atom. The minimum atomic E-state index is -0.517. The maximum atomic E-state index is 12.9. The number of dihydropyridines is 2. The van der Waals surface area contributed by atoms with Crippen molar-refractivity contribution in [3.05, 3.63) is 47.6 Å².